The molecule has 8 nitrogen and oxygen atoms in total. The predicted octanol–water partition coefficient (Wildman–Crippen LogP) is 4.35. The first-order chi connectivity index (χ1) is 15.9. The number of anilines is 2. The molecule has 0 aliphatic rings. The van der Waals surface area contributed by atoms with Gasteiger partial charge in [-0.2, -0.15) is 5.10 Å². The van der Waals surface area contributed by atoms with Crippen LogP contribution in [0.1, 0.15) is 15.4 Å². The highest BCUT2D eigenvalue weighted by Gasteiger charge is 2.17. The van der Waals surface area contributed by atoms with Crippen molar-refractivity contribution in [3.05, 3.63) is 77.3 Å². The number of carbonyl (C=O) groups is 2. The summed E-state index contributed by atoms with van der Waals surface area (Å²) in [6, 6.07) is 12.9. The number of nitrogens with one attached hydrogen (secondary N) is 2. The zero-order valence-electron chi connectivity index (χ0n) is 17.8. The highest BCUT2D eigenvalue weighted by atomic mass is 32.1. The van der Waals surface area contributed by atoms with Crippen molar-refractivity contribution >= 4 is 34.5 Å². The maximum absolute atomic E-state index is 13.2. The highest BCUT2D eigenvalue weighted by Crippen LogP contribution is 2.28. The summed E-state index contributed by atoms with van der Waals surface area (Å²) >= 11 is 1.22. The normalized spacial score (nSPS) is 10.6. The molecule has 4 rings (SSSR count). The first kappa shape index (κ1) is 22.2. The van der Waals surface area contributed by atoms with Crippen LogP contribution in [0.25, 0.3) is 10.6 Å². The number of carbonyl (C=O) groups excluding carboxylic acids is 2. The second-order valence-electron chi connectivity index (χ2n) is 7.10. The average molecular weight is 466 g/mol. The van der Waals surface area contributed by atoms with Crippen LogP contribution in [0.4, 0.5) is 15.8 Å². The molecule has 168 valence electrons. The van der Waals surface area contributed by atoms with Crippen LogP contribution in [-0.4, -0.2) is 33.7 Å². The van der Waals surface area contributed by atoms with Gasteiger partial charge >= 0.3 is 0 Å². The van der Waals surface area contributed by atoms with Gasteiger partial charge in [0.05, 0.1) is 24.7 Å². The molecule has 0 spiro atoms. The van der Waals surface area contributed by atoms with Crippen LogP contribution in [0, 0.1) is 12.7 Å². The number of benzene rings is 2. The number of methoxy groups -OCH3 is 1. The fourth-order valence-corrected chi connectivity index (χ4v) is 4.01. The van der Waals surface area contributed by atoms with Crippen LogP contribution in [0.15, 0.2) is 60.9 Å². The number of aryl methyl sites for hydroxylation is 1. The zero-order valence-corrected chi connectivity index (χ0v) is 18.6. The van der Waals surface area contributed by atoms with E-state index in [4.69, 9.17) is 4.74 Å². The van der Waals surface area contributed by atoms with Gasteiger partial charge < -0.3 is 15.4 Å². The Morgan fingerprint density at radius 2 is 1.79 bits per heavy atom. The fraction of sp³-hybridized carbons (Fsp3) is 0.130. The highest BCUT2D eigenvalue weighted by molar-refractivity contribution is 7.17. The quantitative estimate of drug-likeness (QED) is 0.423. The van der Waals surface area contributed by atoms with E-state index in [1.165, 1.54) is 34.3 Å². The smallest absolute Gasteiger partial charge is 0.267 e. The Hall–Kier alpha value is -4.05. The Morgan fingerprint density at radius 1 is 1.06 bits per heavy atom. The minimum absolute atomic E-state index is 0.0177. The van der Waals surface area contributed by atoms with Gasteiger partial charge in [-0.05, 0) is 55.5 Å². The molecule has 4 aromatic rings. The number of nitrogens with zero attached hydrogens (tertiary/aromatic N) is 3. The molecule has 0 bridgehead atoms. The summed E-state index contributed by atoms with van der Waals surface area (Å²) in [5.74, 6) is -0.231. The van der Waals surface area contributed by atoms with Gasteiger partial charge in [0.1, 0.15) is 28.0 Å². The summed E-state index contributed by atoms with van der Waals surface area (Å²) in [5.41, 5.74) is 2.40. The minimum Gasteiger partial charge on any atom is -0.497 e. The maximum atomic E-state index is 13.2. The number of hydrogen-bond donors (Lipinski definition) is 2. The van der Waals surface area contributed by atoms with E-state index >= 15 is 0 Å². The van der Waals surface area contributed by atoms with E-state index in [1.54, 1.807) is 56.6 Å². The molecule has 0 radical (unpaired) electrons. The molecule has 0 aliphatic carbocycles. The summed E-state index contributed by atoms with van der Waals surface area (Å²) in [7, 11) is 1.57. The third-order valence-electron chi connectivity index (χ3n) is 4.66. The Kier molecular flexibility index (Phi) is 6.45. The summed E-state index contributed by atoms with van der Waals surface area (Å²) in [4.78, 5) is 29.9. The monoisotopic (exact) mass is 465 g/mol. The number of aromatic nitrogens is 3. The Balaban J connectivity index is 1.37. The number of amides is 2. The minimum atomic E-state index is -0.334. The second kappa shape index (κ2) is 9.61. The molecular weight excluding hydrogens is 445 g/mol. The van der Waals surface area contributed by atoms with E-state index < -0.39 is 0 Å². The number of ether oxygens (including phenoxy) is 1. The summed E-state index contributed by atoms with van der Waals surface area (Å²) in [6.45, 7) is 1.72. The van der Waals surface area contributed by atoms with Gasteiger partial charge in [-0.1, -0.05) is 0 Å². The molecule has 2 amide bonds. The van der Waals surface area contributed by atoms with Crippen LogP contribution < -0.4 is 15.4 Å². The number of hydrogen-bond acceptors (Lipinski definition) is 6. The first-order valence-corrected chi connectivity index (χ1v) is 10.7. The van der Waals surface area contributed by atoms with Gasteiger partial charge in [0.25, 0.3) is 5.91 Å². The molecule has 2 aromatic carbocycles. The molecule has 10 heteroatoms. The lowest BCUT2D eigenvalue weighted by molar-refractivity contribution is -0.116. The largest absolute Gasteiger partial charge is 0.497 e. The SMILES string of the molecule is COc1ccc(NC(=O)Cn2cc(NC(=O)c3sc(-c4ccc(F)cc4)nc3C)cn2)cc1. The lowest BCUT2D eigenvalue weighted by atomic mass is 10.2. The fourth-order valence-electron chi connectivity index (χ4n) is 3.05. The zero-order chi connectivity index (χ0) is 23.4. The van der Waals surface area contributed by atoms with Crippen LogP contribution in [-0.2, 0) is 11.3 Å². The van der Waals surface area contributed by atoms with E-state index in [9.17, 15) is 14.0 Å². The van der Waals surface area contributed by atoms with Crippen molar-refractivity contribution in [2.24, 2.45) is 0 Å². The number of halogens is 1. The molecule has 0 atom stereocenters. The van der Waals surface area contributed by atoms with Gasteiger partial charge in [-0.15, -0.1) is 11.3 Å². The molecule has 2 N–H and O–H groups in total. The average Bonchev–Trinajstić information content (AvgIpc) is 3.40. The van der Waals surface area contributed by atoms with E-state index in [-0.39, 0.29) is 24.2 Å². The lowest BCUT2D eigenvalue weighted by Crippen LogP contribution is -2.19. The molecule has 2 heterocycles. The van der Waals surface area contributed by atoms with Crippen LogP contribution in [0.5, 0.6) is 5.75 Å². The first-order valence-electron chi connectivity index (χ1n) is 9.92. The lowest BCUT2D eigenvalue weighted by Gasteiger charge is -2.06. The Morgan fingerprint density at radius 3 is 2.48 bits per heavy atom. The van der Waals surface area contributed by atoms with E-state index in [1.807, 2.05) is 0 Å². The van der Waals surface area contributed by atoms with Crippen LogP contribution >= 0.6 is 11.3 Å². The van der Waals surface area contributed by atoms with Crippen LogP contribution in [0.2, 0.25) is 0 Å². The summed E-state index contributed by atoms with van der Waals surface area (Å²) in [6.07, 6.45) is 3.04. The van der Waals surface area contributed by atoms with Gasteiger partial charge in [-0.25, -0.2) is 9.37 Å². The summed E-state index contributed by atoms with van der Waals surface area (Å²) < 4.78 is 19.7. The van der Waals surface area contributed by atoms with E-state index in [2.05, 4.69) is 20.7 Å². The van der Waals surface area contributed by atoms with Crippen molar-refractivity contribution in [1.82, 2.24) is 14.8 Å². The van der Waals surface area contributed by atoms with Gasteiger partial charge in [0.15, 0.2) is 0 Å². The van der Waals surface area contributed by atoms with Crippen molar-refractivity contribution in [3.8, 4) is 16.3 Å². The maximum Gasteiger partial charge on any atom is 0.267 e. The van der Waals surface area contributed by atoms with Gasteiger partial charge in [0, 0.05) is 17.4 Å². The second-order valence-corrected chi connectivity index (χ2v) is 8.10. The topological polar surface area (TPSA) is 98.1 Å². The summed E-state index contributed by atoms with van der Waals surface area (Å²) in [5, 5.41) is 10.3. The molecule has 0 unspecified atom stereocenters. The molecule has 0 fully saturated rings. The van der Waals surface area contributed by atoms with Crippen molar-refractivity contribution in [3.63, 3.8) is 0 Å². The van der Waals surface area contributed by atoms with E-state index in [0.717, 1.165) is 5.56 Å². The van der Waals surface area contributed by atoms with Gasteiger partial charge in [-0.3, -0.25) is 14.3 Å². The number of rotatable bonds is 7. The van der Waals surface area contributed by atoms with Gasteiger partial charge in [0.2, 0.25) is 5.91 Å². The number of thiazole rings is 1. The third kappa shape index (κ3) is 5.42. The standard InChI is InChI=1S/C23H20FN5O3S/c1-14-21(33-23(26-14)15-3-5-16(24)6-4-15)22(31)28-18-11-25-29(12-18)13-20(30)27-17-7-9-19(32-2)10-8-17/h3-12H,13H2,1-2H3,(H,27,30)(H,28,31). The molecule has 2 aromatic heterocycles. The molecule has 33 heavy (non-hydrogen) atoms. The molecule has 0 saturated heterocycles. The predicted molar refractivity (Wildman–Crippen MR) is 124 cm³/mol. The van der Waals surface area contributed by atoms with Crippen molar-refractivity contribution in [2.45, 2.75) is 13.5 Å². The van der Waals surface area contributed by atoms with E-state index in [0.29, 0.717) is 32.7 Å². The molecular formula is C23H20FN5O3S. The molecule has 0 aliphatic heterocycles. The third-order valence-corrected chi connectivity index (χ3v) is 5.87. The Labute approximate surface area is 193 Å². The molecule has 0 saturated carbocycles. The van der Waals surface area contributed by atoms with Crippen molar-refractivity contribution in [2.75, 3.05) is 17.7 Å². The van der Waals surface area contributed by atoms with Crippen LogP contribution in [0.3, 0.4) is 0 Å². The Bertz CT molecular complexity index is 1280. The van der Waals surface area contributed by atoms with Crippen molar-refractivity contribution in [1.29, 1.82) is 0 Å². The van der Waals surface area contributed by atoms with Crippen molar-refractivity contribution < 1.29 is 18.7 Å².